The van der Waals surface area contributed by atoms with Crippen molar-refractivity contribution < 1.29 is 9.84 Å². The maximum absolute atomic E-state index is 8.56. The number of hydrogen-bond donors (Lipinski definition) is 1. The van der Waals surface area contributed by atoms with Crippen LogP contribution in [0.5, 0.6) is 0 Å². The molecule has 0 aliphatic heterocycles. The molecule has 0 aliphatic carbocycles. The van der Waals surface area contributed by atoms with Crippen molar-refractivity contribution in [3.8, 4) is 0 Å². The van der Waals surface area contributed by atoms with Crippen molar-refractivity contribution in [3.63, 3.8) is 0 Å². The molecule has 2 nitrogen and oxygen atoms in total. The number of unbranched alkanes of at least 4 members (excludes halogenated alkanes) is 6. The number of aliphatic hydroxyl groups is 1. The Balaban J connectivity index is 2.81. The fourth-order valence-electron chi connectivity index (χ4n) is 1.37. The quantitative estimate of drug-likeness (QED) is 0.410. The third-order valence-electron chi connectivity index (χ3n) is 2.18. The van der Waals surface area contributed by atoms with Crippen LogP contribution in [0.3, 0.4) is 0 Å². The van der Waals surface area contributed by atoms with Gasteiger partial charge in [0.25, 0.3) is 0 Å². The summed E-state index contributed by atoms with van der Waals surface area (Å²) in [5.41, 5.74) is 0. The van der Waals surface area contributed by atoms with E-state index in [9.17, 15) is 0 Å². The molecule has 0 aliphatic rings. The summed E-state index contributed by atoms with van der Waals surface area (Å²) in [6.07, 6.45) is 10.2. The summed E-state index contributed by atoms with van der Waals surface area (Å²) in [6, 6.07) is 0. The van der Waals surface area contributed by atoms with Gasteiger partial charge in [-0.2, -0.15) is 0 Å². The Hall–Kier alpha value is -0.340. The van der Waals surface area contributed by atoms with Crippen LogP contribution in [-0.4, -0.2) is 24.9 Å². The van der Waals surface area contributed by atoms with E-state index in [1.54, 1.807) is 6.08 Å². The highest BCUT2D eigenvalue weighted by Gasteiger charge is 1.91. The molecule has 0 rings (SSSR count). The zero-order chi connectivity index (χ0) is 10.5. The second kappa shape index (κ2) is 12.7. The molecule has 0 unspecified atom stereocenters. The summed E-state index contributed by atoms with van der Waals surface area (Å²) in [6.45, 7) is 5.47. The molecule has 0 spiro atoms. The van der Waals surface area contributed by atoms with Gasteiger partial charge in [-0.15, -0.1) is 6.58 Å². The second-order valence-electron chi connectivity index (χ2n) is 3.56. The largest absolute Gasteiger partial charge is 0.396 e. The van der Waals surface area contributed by atoms with Gasteiger partial charge in [0.15, 0.2) is 0 Å². The number of hydrogen-bond acceptors (Lipinski definition) is 2. The molecule has 0 saturated heterocycles. The van der Waals surface area contributed by atoms with Crippen LogP contribution in [0.1, 0.15) is 44.9 Å². The van der Waals surface area contributed by atoms with Crippen LogP contribution in [0.2, 0.25) is 0 Å². The number of ether oxygens (including phenoxy) is 1. The lowest BCUT2D eigenvalue weighted by molar-refractivity contribution is 0.157. The molecule has 1 N–H and O–H groups in total. The predicted octanol–water partition coefficient (Wildman–Crippen LogP) is 2.91. The maximum atomic E-state index is 8.56. The lowest BCUT2D eigenvalue weighted by atomic mass is 10.1. The Labute approximate surface area is 88.0 Å². The Morgan fingerprint density at radius 1 is 0.929 bits per heavy atom. The lowest BCUT2D eigenvalue weighted by Crippen LogP contribution is -1.93. The van der Waals surface area contributed by atoms with E-state index in [0.29, 0.717) is 13.2 Å². The first kappa shape index (κ1) is 13.7. The summed E-state index contributed by atoms with van der Waals surface area (Å²) < 4.78 is 5.28. The zero-order valence-electron chi connectivity index (χ0n) is 9.21. The van der Waals surface area contributed by atoms with Gasteiger partial charge in [-0.1, -0.05) is 38.2 Å². The van der Waals surface area contributed by atoms with Crippen molar-refractivity contribution in [1.82, 2.24) is 0 Å². The molecule has 14 heavy (non-hydrogen) atoms. The van der Waals surface area contributed by atoms with Gasteiger partial charge in [0.1, 0.15) is 0 Å². The molecule has 0 aromatic rings. The highest BCUT2D eigenvalue weighted by Crippen LogP contribution is 2.06. The minimum Gasteiger partial charge on any atom is -0.396 e. The fourth-order valence-corrected chi connectivity index (χ4v) is 1.37. The van der Waals surface area contributed by atoms with E-state index in [1.807, 2.05) is 0 Å². The maximum Gasteiger partial charge on any atom is 0.0644 e. The standard InChI is InChI=1S/C12H24O2/c1-2-11-14-12-9-7-5-3-4-6-8-10-13/h2,13H,1,3-12H2. The molecule has 0 heterocycles. The normalized spacial score (nSPS) is 10.4. The first-order valence-corrected chi connectivity index (χ1v) is 5.71. The zero-order valence-corrected chi connectivity index (χ0v) is 9.21. The molecule has 0 atom stereocenters. The van der Waals surface area contributed by atoms with Gasteiger partial charge in [0.2, 0.25) is 0 Å². The molecule has 0 saturated carbocycles. The van der Waals surface area contributed by atoms with Crippen LogP contribution in [0.25, 0.3) is 0 Å². The highest BCUT2D eigenvalue weighted by atomic mass is 16.5. The Bertz CT molecular complexity index is 113. The average Bonchev–Trinajstić information content (AvgIpc) is 2.21. The fraction of sp³-hybridized carbons (Fsp3) is 0.833. The first-order valence-electron chi connectivity index (χ1n) is 5.71. The van der Waals surface area contributed by atoms with Crippen LogP contribution in [-0.2, 0) is 4.74 Å². The van der Waals surface area contributed by atoms with Crippen LogP contribution >= 0.6 is 0 Å². The second-order valence-corrected chi connectivity index (χ2v) is 3.56. The van der Waals surface area contributed by atoms with E-state index < -0.39 is 0 Å². The molecule has 0 amide bonds. The van der Waals surface area contributed by atoms with Gasteiger partial charge in [-0.3, -0.25) is 0 Å². The average molecular weight is 200 g/mol. The monoisotopic (exact) mass is 200 g/mol. The molecule has 0 radical (unpaired) electrons. The van der Waals surface area contributed by atoms with Crippen molar-refractivity contribution in [1.29, 1.82) is 0 Å². The smallest absolute Gasteiger partial charge is 0.0644 e. The predicted molar refractivity (Wildman–Crippen MR) is 60.4 cm³/mol. The molecule has 0 aromatic carbocycles. The Morgan fingerprint density at radius 2 is 1.50 bits per heavy atom. The first-order chi connectivity index (χ1) is 6.91. The topological polar surface area (TPSA) is 29.5 Å². The van der Waals surface area contributed by atoms with E-state index >= 15 is 0 Å². The SMILES string of the molecule is C=CCOCCCCCCCCCO. The number of aliphatic hydroxyl groups excluding tert-OH is 1. The van der Waals surface area contributed by atoms with Crippen LogP contribution in [0.15, 0.2) is 12.7 Å². The van der Waals surface area contributed by atoms with E-state index in [2.05, 4.69) is 6.58 Å². The van der Waals surface area contributed by atoms with Crippen molar-refractivity contribution in [2.24, 2.45) is 0 Å². The summed E-state index contributed by atoms with van der Waals surface area (Å²) in [7, 11) is 0. The van der Waals surface area contributed by atoms with Crippen molar-refractivity contribution in [2.45, 2.75) is 44.9 Å². The van der Waals surface area contributed by atoms with E-state index in [0.717, 1.165) is 19.4 Å². The molecular weight excluding hydrogens is 176 g/mol. The van der Waals surface area contributed by atoms with Gasteiger partial charge in [0.05, 0.1) is 6.61 Å². The van der Waals surface area contributed by atoms with Crippen LogP contribution in [0.4, 0.5) is 0 Å². The van der Waals surface area contributed by atoms with E-state index in [-0.39, 0.29) is 0 Å². The van der Waals surface area contributed by atoms with Gasteiger partial charge >= 0.3 is 0 Å². The summed E-state index contributed by atoms with van der Waals surface area (Å²) in [5.74, 6) is 0. The molecule has 2 heteroatoms. The van der Waals surface area contributed by atoms with Gasteiger partial charge in [-0.25, -0.2) is 0 Å². The highest BCUT2D eigenvalue weighted by molar-refractivity contribution is 4.63. The summed E-state index contributed by atoms with van der Waals surface area (Å²) in [4.78, 5) is 0. The van der Waals surface area contributed by atoms with Crippen molar-refractivity contribution in [3.05, 3.63) is 12.7 Å². The molecule has 0 bridgehead atoms. The summed E-state index contributed by atoms with van der Waals surface area (Å²) >= 11 is 0. The third-order valence-corrected chi connectivity index (χ3v) is 2.18. The Morgan fingerprint density at radius 3 is 2.07 bits per heavy atom. The third kappa shape index (κ3) is 11.7. The summed E-state index contributed by atoms with van der Waals surface area (Å²) in [5, 5.41) is 8.56. The lowest BCUT2D eigenvalue weighted by Gasteiger charge is -2.01. The van der Waals surface area contributed by atoms with Crippen molar-refractivity contribution in [2.75, 3.05) is 19.8 Å². The molecule has 84 valence electrons. The van der Waals surface area contributed by atoms with Gasteiger partial charge < -0.3 is 9.84 Å². The number of rotatable bonds is 11. The minimum absolute atomic E-state index is 0.343. The van der Waals surface area contributed by atoms with Gasteiger partial charge in [0, 0.05) is 13.2 Å². The van der Waals surface area contributed by atoms with Crippen LogP contribution in [0, 0.1) is 0 Å². The van der Waals surface area contributed by atoms with Gasteiger partial charge in [-0.05, 0) is 12.8 Å². The molecule has 0 fully saturated rings. The van der Waals surface area contributed by atoms with E-state index in [4.69, 9.17) is 9.84 Å². The molecular formula is C12H24O2. The van der Waals surface area contributed by atoms with E-state index in [1.165, 1.54) is 32.1 Å². The minimum atomic E-state index is 0.343. The van der Waals surface area contributed by atoms with Crippen LogP contribution < -0.4 is 0 Å². The van der Waals surface area contributed by atoms with Crippen molar-refractivity contribution >= 4 is 0 Å². The molecule has 0 aromatic heterocycles. The Kier molecular flexibility index (Phi) is 12.4.